The summed E-state index contributed by atoms with van der Waals surface area (Å²) >= 11 is 10.6. The molecule has 0 aromatic heterocycles. The number of alkyl halides is 1. The Balaban J connectivity index is 1.78. The van der Waals surface area contributed by atoms with Gasteiger partial charge in [-0.25, -0.2) is 0 Å². The maximum Gasteiger partial charge on any atom is 0.127 e. The maximum atomic E-state index is 6.95. The summed E-state index contributed by atoms with van der Waals surface area (Å²) in [7, 11) is 0. The minimum atomic E-state index is -0.0377. The quantitative estimate of drug-likeness (QED) is 0.664. The second-order valence-corrected chi connectivity index (χ2v) is 7.32. The third kappa shape index (κ3) is 2.20. The van der Waals surface area contributed by atoms with Gasteiger partial charge in [-0.1, -0.05) is 46.3 Å². The molecule has 1 aliphatic carbocycles. The fraction of sp³-hybridized carbons (Fsp3) is 0.333. The van der Waals surface area contributed by atoms with E-state index < -0.39 is 0 Å². The Bertz CT molecular complexity index is 679. The van der Waals surface area contributed by atoms with Gasteiger partial charge in [0.2, 0.25) is 0 Å². The van der Waals surface area contributed by atoms with Gasteiger partial charge in [0.1, 0.15) is 5.75 Å². The van der Waals surface area contributed by atoms with Gasteiger partial charge in [-0.2, -0.15) is 0 Å². The van der Waals surface area contributed by atoms with Gasteiger partial charge >= 0.3 is 0 Å². The molecular weight excluding hydrogens is 348 g/mol. The Labute approximate surface area is 138 Å². The molecule has 2 aromatic carbocycles. The highest BCUT2D eigenvalue weighted by atomic mass is 79.9. The van der Waals surface area contributed by atoms with Crippen LogP contribution in [0.5, 0.6) is 5.75 Å². The van der Waals surface area contributed by atoms with Crippen molar-refractivity contribution in [1.82, 2.24) is 0 Å². The van der Waals surface area contributed by atoms with Gasteiger partial charge in [0.05, 0.1) is 12.0 Å². The molecule has 0 spiro atoms. The second kappa shape index (κ2) is 5.03. The van der Waals surface area contributed by atoms with Gasteiger partial charge in [-0.3, -0.25) is 0 Å². The monoisotopic (exact) mass is 362 g/mol. The van der Waals surface area contributed by atoms with E-state index in [4.69, 9.17) is 16.3 Å². The highest BCUT2D eigenvalue weighted by Crippen LogP contribution is 2.61. The van der Waals surface area contributed by atoms with E-state index in [-0.39, 0.29) is 10.8 Å². The molecule has 21 heavy (non-hydrogen) atoms. The average Bonchev–Trinajstić information content (AvgIpc) is 3.19. The molecule has 2 aromatic rings. The Kier molecular flexibility index (Phi) is 3.27. The number of fused-ring (bicyclic) bond motifs is 1. The van der Waals surface area contributed by atoms with Crippen LogP contribution in [0.3, 0.4) is 0 Å². The summed E-state index contributed by atoms with van der Waals surface area (Å²) in [5, 5.41) is -0.0377. The lowest BCUT2D eigenvalue weighted by atomic mass is 9.87. The molecule has 0 saturated heterocycles. The number of hydrogen-bond donors (Lipinski definition) is 0. The molecule has 1 atom stereocenters. The largest absolute Gasteiger partial charge is 0.493 e. The summed E-state index contributed by atoms with van der Waals surface area (Å²) in [4.78, 5) is 0. The van der Waals surface area contributed by atoms with E-state index in [1.807, 2.05) is 0 Å². The second-order valence-electron chi connectivity index (χ2n) is 5.97. The van der Waals surface area contributed by atoms with Crippen LogP contribution in [0.2, 0.25) is 0 Å². The van der Waals surface area contributed by atoms with Crippen molar-refractivity contribution in [2.24, 2.45) is 0 Å². The number of hydrogen-bond acceptors (Lipinski definition) is 1. The average molecular weight is 364 g/mol. The zero-order valence-corrected chi connectivity index (χ0v) is 14.0. The smallest absolute Gasteiger partial charge is 0.127 e. The molecule has 2 aliphatic rings. The highest BCUT2D eigenvalue weighted by molar-refractivity contribution is 9.10. The van der Waals surface area contributed by atoms with Crippen LogP contribution >= 0.6 is 27.5 Å². The van der Waals surface area contributed by atoms with Crippen LogP contribution < -0.4 is 4.74 Å². The molecule has 108 valence electrons. The Morgan fingerprint density at radius 3 is 2.62 bits per heavy atom. The van der Waals surface area contributed by atoms with Crippen LogP contribution in [0.15, 0.2) is 46.9 Å². The first-order chi connectivity index (χ1) is 10.2. The molecule has 3 heteroatoms. The van der Waals surface area contributed by atoms with Crippen LogP contribution in [0.25, 0.3) is 0 Å². The van der Waals surface area contributed by atoms with Gasteiger partial charge in [0, 0.05) is 21.9 Å². The minimum absolute atomic E-state index is 0.0377. The highest BCUT2D eigenvalue weighted by Gasteiger charge is 2.51. The van der Waals surface area contributed by atoms with Crippen molar-refractivity contribution in [3.63, 3.8) is 0 Å². The van der Waals surface area contributed by atoms with Crippen molar-refractivity contribution in [2.75, 3.05) is 6.61 Å². The first-order valence-corrected chi connectivity index (χ1v) is 8.58. The lowest BCUT2D eigenvalue weighted by Crippen LogP contribution is -2.15. The lowest BCUT2D eigenvalue weighted by Gasteiger charge is -2.24. The molecule has 1 fully saturated rings. The van der Waals surface area contributed by atoms with Crippen LogP contribution in [0.4, 0.5) is 0 Å². The Morgan fingerprint density at radius 2 is 1.90 bits per heavy atom. The van der Waals surface area contributed by atoms with E-state index in [2.05, 4.69) is 58.4 Å². The van der Waals surface area contributed by atoms with Crippen molar-refractivity contribution >= 4 is 27.5 Å². The summed E-state index contributed by atoms with van der Waals surface area (Å²) in [6.45, 7) is 0.765. The standard InChI is InChI=1S/C18H16BrClO/c19-14-10-12-6-9-21-16(12)15(11-14)17(20)18(7-8-18)13-4-2-1-3-5-13/h1-5,10-11,17H,6-9H2. The number of rotatable bonds is 3. The van der Waals surface area contributed by atoms with E-state index in [1.165, 1.54) is 11.1 Å². The zero-order valence-electron chi connectivity index (χ0n) is 11.6. The summed E-state index contributed by atoms with van der Waals surface area (Å²) in [5.74, 6) is 1.01. The molecule has 1 unspecified atom stereocenters. The SMILES string of the molecule is ClC(c1cc(Br)cc2c1OCC2)C1(c2ccccc2)CC1. The third-order valence-corrected chi connectivity index (χ3v) is 5.78. The van der Waals surface area contributed by atoms with Crippen molar-refractivity contribution in [3.05, 3.63) is 63.6 Å². The van der Waals surface area contributed by atoms with Crippen LogP contribution in [-0.4, -0.2) is 6.61 Å². The van der Waals surface area contributed by atoms with Gasteiger partial charge in [-0.15, -0.1) is 11.6 Å². The predicted molar refractivity (Wildman–Crippen MR) is 89.3 cm³/mol. The Hall–Kier alpha value is -0.990. The summed E-state index contributed by atoms with van der Waals surface area (Å²) in [6.07, 6.45) is 3.27. The summed E-state index contributed by atoms with van der Waals surface area (Å²) < 4.78 is 6.95. The van der Waals surface area contributed by atoms with Crippen molar-refractivity contribution in [2.45, 2.75) is 30.1 Å². The van der Waals surface area contributed by atoms with E-state index in [0.717, 1.165) is 41.7 Å². The minimum Gasteiger partial charge on any atom is -0.493 e. The lowest BCUT2D eigenvalue weighted by molar-refractivity contribution is 0.351. The van der Waals surface area contributed by atoms with Crippen LogP contribution in [0, 0.1) is 0 Å². The van der Waals surface area contributed by atoms with Crippen LogP contribution in [0.1, 0.15) is 34.9 Å². The molecular formula is C18H16BrClO. The van der Waals surface area contributed by atoms with Gasteiger partial charge in [0.15, 0.2) is 0 Å². The zero-order chi connectivity index (χ0) is 14.4. The van der Waals surface area contributed by atoms with Crippen LogP contribution in [-0.2, 0) is 11.8 Å². The van der Waals surface area contributed by atoms with Crippen molar-refractivity contribution < 1.29 is 4.74 Å². The molecule has 0 amide bonds. The normalized spacial score (nSPS) is 19.7. The molecule has 0 radical (unpaired) electrons. The van der Waals surface area contributed by atoms with Gasteiger partial charge < -0.3 is 4.74 Å². The Morgan fingerprint density at radius 1 is 1.14 bits per heavy atom. The number of benzene rings is 2. The van der Waals surface area contributed by atoms with E-state index in [0.29, 0.717) is 0 Å². The first-order valence-electron chi connectivity index (χ1n) is 7.35. The van der Waals surface area contributed by atoms with Gasteiger partial charge in [-0.05, 0) is 36.1 Å². The van der Waals surface area contributed by atoms with E-state index in [9.17, 15) is 0 Å². The molecule has 1 aliphatic heterocycles. The summed E-state index contributed by atoms with van der Waals surface area (Å²) in [5.41, 5.74) is 3.83. The number of ether oxygens (including phenoxy) is 1. The van der Waals surface area contributed by atoms with Crippen molar-refractivity contribution in [1.29, 1.82) is 0 Å². The molecule has 4 rings (SSSR count). The molecule has 0 bridgehead atoms. The molecule has 1 heterocycles. The molecule has 1 saturated carbocycles. The predicted octanol–water partition coefficient (Wildman–Crippen LogP) is 5.40. The van der Waals surface area contributed by atoms with Crippen molar-refractivity contribution in [3.8, 4) is 5.75 Å². The maximum absolute atomic E-state index is 6.95. The van der Waals surface area contributed by atoms with E-state index >= 15 is 0 Å². The molecule has 1 nitrogen and oxygen atoms in total. The fourth-order valence-corrected chi connectivity index (χ4v) is 4.41. The third-order valence-electron chi connectivity index (χ3n) is 4.67. The molecule has 0 N–H and O–H groups in total. The van der Waals surface area contributed by atoms with E-state index in [1.54, 1.807) is 0 Å². The number of halogens is 2. The van der Waals surface area contributed by atoms with Gasteiger partial charge in [0.25, 0.3) is 0 Å². The topological polar surface area (TPSA) is 9.23 Å². The first kappa shape index (κ1) is 13.7. The fourth-order valence-electron chi connectivity index (χ4n) is 3.38. The summed E-state index contributed by atoms with van der Waals surface area (Å²) in [6, 6.07) is 14.9.